The van der Waals surface area contributed by atoms with Gasteiger partial charge in [-0.2, -0.15) is 10.4 Å². The van der Waals surface area contributed by atoms with E-state index in [4.69, 9.17) is 15.2 Å². The standard InChI is InChI=1S/C23H25BrN6O2/c1-5-6-17-20-19(16(10-25)22(26)32-23(20)28-27-17)14-7-8-18(31-4)15(9-14)11-30-13(3)21(24)12(2)29-30/h7-9,19H,5-6,11,26H2,1-4H3,(H,27,28)/t19-/m0/s1. The van der Waals surface area contributed by atoms with Gasteiger partial charge in [-0.1, -0.05) is 19.4 Å². The van der Waals surface area contributed by atoms with Crippen LogP contribution in [-0.4, -0.2) is 27.1 Å². The van der Waals surface area contributed by atoms with E-state index in [1.165, 1.54) is 0 Å². The van der Waals surface area contributed by atoms with Crippen LogP contribution in [-0.2, 0) is 13.0 Å². The number of allylic oxidation sites excluding steroid dienone is 1. The Morgan fingerprint density at radius 3 is 2.78 bits per heavy atom. The number of H-pyrrole nitrogens is 1. The molecule has 1 aromatic carbocycles. The maximum atomic E-state index is 9.91. The number of rotatable bonds is 6. The molecule has 3 aromatic rings. The maximum Gasteiger partial charge on any atom is 0.244 e. The Morgan fingerprint density at radius 2 is 2.16 bits per heavy atom. The second-order valence-electron chi connectivity index (χ2n) is 7.81. The van der Waals surface area contributed by atoms with Gasteiger partial charge in [-0.25, -0.2) is 0 Å². The molecule has 8 nitrogen and oxygen atoms in total. The van der Waals surface area contributed by atoms with Crippen LogP contribution in [0.2, 0.25) is 0 Å². The lowest BCUT2D eigenvalue weighted by molar-refractivity contribution is 0.378. The molecule has 0 aliphatic carbocycles. The van der Waals surface area contributed by atoms with Crippen molar-refractivity contribution in [2.45, 2.75) is 46.1 Å². The largest absolute Gasteiger partial charge is 0.496 e. The molecule has 9 heteroatoms. The van der Waals surface area contributed by atoms with Gasteiger partial charge in [0.1, 0.15) is 17.4 Å². The Morgan fingerprint density at radius 1 is 1.38 bits per heavy atom. The molecule has 2 aromatic heterocycles. The van der Waals surface area contributed by atoms with E-state index in [9.17, 15) is 5.26 Å². The Hall–Kier alpha value is -3.25. The summed E-state index contributed by atoms with van der Waals surface area (Å²) in [7, 11) is 1.65. The average Bonchev–Trinajstić information content (AvgIpc) is 3.28. The van der Waals surface area contributed by atoms with Gasteiger partial charge < -0.3 is 15.2 Å². The maximum absolute atomic E-state index is 9.91. The number of halogens is 1. The molecule has 1 aliphatic heterocycles. The summed E-state index contributed by atoms with van der Waals surface area (Å²) in [6.45, 7) is 6.61. The van der Waals surface area contributed by atoms with Gasteiger partial charge in [0, 0.05) is 16.8 Å². The van der Waals surface area contributed by atoms with Crippen LogP contribution in [0.3, 0.4) is 0 Å². The molecule has 0 spiro atoms. The lowest BCUT2D eigenvalue weighted by atomic mass is 9.83. The lowest BCUT2D eigenvalue weighted by Gasteiger charge is -2.25. The molecular weight excluding hydrogens is 472 g/mol. The number of aromatic nitrogens is 4. The number of nitrogens with two attached hydrogens (primary N) is 1. The van der Waals surface area contributed by atoms with E-state index >= 15 is 0 Å². The zero-order chi connectivity index (χ0) is 23.0. The minimum Gasteiger partial charge on any atom is -0.496 e. The highest BCUT2D eigenvalue weighted by Crippen LogP contribution is 2.44. The summed E-state index contributed by atoms with van der Waals surface area (Å²) in [5.41, 5.74) is 12.1. The fourth-order valence-electron chi connectivity index (χ4n) is 4.17. The van der Waals surface area contributed by atoms with Gasteiger partial charge in [-0.3, -0.25) is 9.78 Å². The molecule has 32 heavy (non-hydrogen) atoms. The number of aromatic amines is 1. The summed E-state index contributed by atoms with van der Waals surface area (Å²) in [5, 5.41) is 21.9. The molecule has 0 unspecified atom stereocenters. The highest BCUT2D eigenvalue weighted by atomic mass is 79.9. The number of fused-ring (bicyclic) bond motifs is 1. The smallest absolute Gasteiger partial charge is 0.244 e. The number of hydrogen-bond acceptors (Lipinski definition) is 6. The van der Waals surface area contributed by atoms with E-state index in [0.29, 0.717) is 18.0 Å². The van der Waals surface area contributed by atoms with Crippen molar-refractivity contribution in [2.24, 2.45) is 5.73 Å². The van der Waals surface area contributed by atoms with Crippen LogP contribution < -0.4 is 15.2 Å². The zero-order valence-electron chi connectivity index (χ0n) is 18.5. The van der Waals surface area contributed by atoms with E-state index in [1.807, 2.05) is 30.7 Å². The predicted octanol–water partition coefficient (Wildman–Crippen LogP) is 4.21. The van der Waals surface area contributed by atoms with Gasteiger partial charge in [0.05, 0.1) is 35.4 Å². The van der Waals surface area contributed by atoms with Gasteiger partial charge >= 0.3 is 0 Å². The first kappa shape index (κ1) is 22.0. The summed E-state index contributed by atoms with van der Waals surface area (Å²) < 4.78 is 14.2. The van der Waals surface area contributed by atoms with Gasteiger partial charge in [0.2, 0.25) is 11.8 Å². The highest BCUT2D eigenvalue weighted by Gasteiger charge is 2.35. The third kappa shape index (κ3) is 3.65. The minimum atomic E-state index is -0.374. The number of nitriles is 1. The molecule has 0 saturated carbocycles. The third-order valence-corrected chi connectivity index (χ3v) is 6.92. The first-order valence-corrected chi connectivity index (χ1v) is 11.2. The van der Waals surface area contributed by atoms with Crippen LogP contribution in [0.1, 0.15) is 53.0 Å². The van der Waals surface area contributed by atoms with Gasteiger partial charge in [0.15, 0.2) is 0 Å². The molecule has 0 bridgehead atoms. The lowest BCUT2D eigenvalue weighted by Crippen LogP contribution is -2.21. The van der Waals surface area contributed by atoms with Gasteiger partial charge in [-0.15, -0.1) is 5.10 Å². The van der Waals surface area contributed by atoms with Crippen LogP contribution in [0.25, 0.3) is 0 Å². The number of aryl methyl sites for hydroxylation is 2. The van der Waals surface area contributed by atoms with E-state index < -0.39 is 0 Å². The number of ether oxygens (including phenoxy) is 2. The van der Waals surface area contributed by atoms with Crippen molar-refractivity contribution in [3.05, 3.63) is 67.9 Å². The molecule has 1 aliphatic rings. The number of benzene rings is 1. The average molecular weight is 497 g/mol. The Kier molecular flexibility index (Phi) is 5.98. The molecule has 4 rings (SSSR count). The zero-order valence-corrected chi connectivity index (χ0v) is 20.1. The first-order chi connectivity index (χ1) is 15.4. The van der Waals surface area contributed by atoms with Crippen LogP contribution in [0.15, 0.2) is 34.1 Å². The van der Waals surface area contributed by atoms with E-state index in [-0.39, 0.29) is 11.8 Å². The second-order valence-corrected chi connectivity index (χ2v) is 8.60. The molecular formula is C23H25BrN6O2. The molecule has 0 fully saturated rings. The van der Waals surface area contributed by atoms with Crippen LogP contribution in [0.5, 0.6) is 11.6 Å². The fraction of sp³-hybridized carbons (Fsp3) is 0.348. The normalized spacial score (nSPS) is 15.3. The van der Waals surface area contributed by atoms with Crippen molar-refractivity contribution < 1.29 is 9.47 Å². The number of nitrogens with one attached hydrogen (secondary N) is 1. The van der Waals surface area contributed by atoms with Crippen molar-refractivity contribution in [1.29, 1.82) is 5.26 Å². The first-order valence-electron chi connectivity index (χ1n) is 10.4. The van der Waals surface area contributed by atoms with Crippen molar-refractivity contribution >= 4 is 15.9 Å². The van der Waals surface area contributed by atoms with Crippen LogP contribution in [0, 0.1) is 25.2 Å². The Balaban J connectivity index is 1.84. The number of hydrogen-bond donors (Lipinski definition) is 2. The van der Waals surface area contributed by atoms with E-state index in [1.54, 1.807) is 7.11 Å². The molecule has 3 heterocycles. The third-order valence-electron chi connectivity index (χ3n) is 5.77. The van der Waals surface area contributed by atoms with Crippen LogP contribution >= 0.6 is 15.9 Å². The van der Waals surface area contributed by atoms with Gasteiger partial charge in [-0.05, 0) is 53.9 Å². The van der Waals surface area contributed by atoms with E-state index in [2.05, 4.69) is 50.3 Å². The summed E-state index contributed by atoms with van der Waals surface area (Å²) in [6, 6.07) is 8.19. The minimum absolute atomic E-state index is 0.0828. The summed E-state index contributed by atoms with van der Waals surface area (Å²) in [4.78, 5) is 0. The molecule has 0 saturated heterocycles. The summed E-state index contributed by atoms with van der Waals surface area (Å²) >= 11 is 3.59. The van der Waals surface area contributed by atoms with Crippen molar-refractivity contribution in [2.75, 3.05) is 7.11 Å². The van der Waals surface area contributed by atoms with Gasteiger partial charge in [0.25, 0.3) is 0 Å². The highest BCUT2D eigenvalue weighted by molar-refractivity contribution is 9.10. The molecule has 1 atom stereocenters. The molecule has 3 N–H and O–H groups in total. The van der Waals surface area contributed by atoms with E-state index in [0.717, 1.165) is 56.8 Å². The van der Waals surface area contributed by atoms with Crippen molar-refractivity contribution in [3.8, 4) is 17.7 Å². The topological polar surface area (TPSA) is 115 Å². The predicted molar refractivity (Wildman–Crippen MR) is 123 cm³/mol. The van der Waals surface area contributed by atoms with Crippen molar-refractivity contribution in [1.82, 2.24) is 20.0 Å². The Labute approximate surface area is 195 Å². The number of nitrogens with zero attached hydrogens (tertiary/aromatic N) is 4. The molecule has 0 radical (unpaired) electrons. The quantitative estimate of drug-likeness (QED) is 0.527. The Bertz CT molecular complexity index is 1250. The SMILES string of the molecule is CCCc1[nH]nc2c1[C@@H](c1ccc(OC)c(Cn3nc(C)c(Br)c3C)c1)C(C#N)=C(N)O2. The molecule has 0 amide bonds. The molecule has 166 valence electrons. The monoisotopic (exact) mass is 496 g/mol. The van der Waals surface area contributed by atoms with Crippen LogP contribution in [0.4, 0.5) is 0 Å². The summed E-state index contributed by atoms with van der Waals surface area (Å²) in [6.07, 6.45) is 1.73. The summed E-state index contributed by atoms with van der Waals surface area (Å²) in [5.74, 6) is 0.885. The van der Waals surface area contributed by atoms with Crippen molar-refractivity contribution in [3.63, 3.8) is 0 Å². The fourth-order valence-corrected chi connectivity index (χ4v) is 4.46. The second kappa shape index (κ2) is 8.71. The number of methoxy groups -OCH3 is 1.